The summed E-state index contributed by atoms with van der Waals surface area (Å²) in [5.74, 6) is -1.40. The predicted octanol–water partition coefficient (Wildman–Crippen LogP) is 2.30. The summed E-state index contributed by atoms with van der Waals surface area (Å²) in [6.45, 7) is 0. The number of benzene rings is 1. The molecule has 2 heterocycles. The fourth-order valence-electron chi connectivity index (χ4n) is 1.51. The zero-order valence-corrected chi connectivity index (χ0v) is 9.69. The highest BCUT2D eigenvalue weighted by atomic mass is 32.1. The molecule has 3 aromatic rings. The van der Waals surface area contributed by atoms with Crippen molar-refractivity contribution < 1.29 is 14.3 Å². The van der Waals surface area contributed by atoms with E-state index < -0.39 is 5.97 Å². The number of halogens is 1. The van der Waals surface area contributed by atoms with Crippen molar-refractivity contribution in [1.29, 1.82) is 0 Å². The van der Waals surface area contributed by atoms with Gasteiger partial charge in [-0.3, -0.25) is 0 Å². The molecule has 1 N–H and O–H groups in total. The van der Waals surface area contributed by atoms with Gasteiger partial charge in [-0.1, -0.05) is 11.3 Å². The number of carbonyl (C=O) groups is 1. The highest BCUT2D eigenvalue weighted by molar-refractivity contribution is 7.19. The van der Waals surface area contributed by atoms with Crippen LogP contribution in [0.2, 0.25) is 0 Å². The average Bonchev–Trinajstić information content (AvgIpc) is 2.87. The van der Waals surface area contributed by atoms with E-state index in [1.165, 1.54) is 34.2 Å². The summed E-state index contributed by atoms with van der Waals surface area (Å²) in [6, 6.07) is 5.93. The largest absolute Gasteiger partial charge is 0.476 e. The number of aromatic carboxylic acids is 1. The van der Waals surface area contributed by atoms with Gasteiger partial charge in [0.25, 0.3) is 0 Å². The quantitative estimate of drug-likeness (QED) is 0.770. The van der Waals surface area contributed by atoms with Gasteiger partial charge in [0.2, 0.25) is 4.96 Å². The molecule has 0 saturated heterocycles. The second kappa shape index (κ2) is 3.88. The smallest absolute Gasteiger partial charge is 0.356 e. The number of imidazole rings is 1. The van der Waals surface area contributed by atoms with Gasteiger partial charge in [0.05, 0.1) is 6.20 Å². The van der Waals surface area contributed by atoms with E-state index >= 15 is 0 Å². The Kier molecular flexibility index (Phi) is 2.34. The van der Waals surface area contributed by atoms with Crippen molar-refractivity contribution in [3.63, 3.8) is 0 Å². The van der Waals surface area contributed by atoms with Crippen molar-refractivity contribution in [2.75, 3.05) is 0 Å². The predicted molar refractivity (Wildman–Crippen MR) is 63.2 cm³/mol. The van der Waals surface area contributed by atoms with Crippen molar-refractivity contribution in [2.24, 2.45) is 0 Å². The number of rotatable bonds is 2. The number of hydrogen-bond acceptors (Lipinski definition) is 4. The van der Waals surface area contributed by atoms with Gasteiger partial charge in [0.15, 0.2) is 5.69 Å². The van der Waals surface area contributed by atoms with Crippen LogP contribution in [0.3, 0.4) is 0 Å². The molecule has 0 spiro atoms. The Balaban J connectivity index is 2.06. The molecule has 7 heteroatoms. The molecule has 0 amide bonds. The fourth-order valence-corrected chi connectivity index (χ4v) is 2.40. The van der Waals surface area contributed by atoms with Gasteiger partial charge in [-0.2, -0.15) is 5.10 Å². The van der Waals surface area contributed by atoms with Gasteiger partial charge >= 0.3 is 5.97 Å². The van der Waals surface area contributed by atoms with Gasteiger partial charge in [-0.25, -0.2) is 18.7 Å². The SMILES string of the molecule is O=C(O)c1cn2nc(-c3ccc(F)cc3)sc2n1. The zero-order valence-electron chi connectivity index (χ0n) is 8.87. The molecule has 90 valence electrons. The Labute approximate surface area is 104 Å². The Morgan fingerprint density at radius 1 is 1.33 bits per heavy atom. The van der Waals surface area contributed by atoms with Gasteiger partial charge in [0.1, 0.15) is 10.8 Å². The maximum Gasteiger partial charge on any atom is 0.356 e. The normalized spacial score (nSPS) is 10.9. The number of carboxylic acids is 1. The van der Waals surface area contributed by atoms with Crippen LogP contribution in [0.4, 0.5) is 4.39 Å². The maximum atomic E-state index is 12.8. The fraction of sp³-hybridized carbons (Fsp3) is 0. The average molecular weight is 263 g/mol. The highest BCUT2D eigenvalue weighted by Crippen LogP contribution is 2.25. The van der Waals surface area contributed by atoms with E-state index in [1.807, 2.05) is 0 Å². The third-order valence-electron chi connectivity index (χ3n) is 2.35. The summed E-state index contributed by atoms with van der Waals surface area (Å²) in [5.41, 5.74) is 0.725. The monoisotopic (exact) mass is 263 g/mol. The number of hydrogen-bond donors (Lipinski definition) is 1. The Morgan fingerprint density at radius 2 is 2.06 bits per heavy atom. The summed E-state index contributed by atoms with van der Waals surface area (Å²) in [5, 5.41) is 13.6. The summed E-state index contributed by atoms with van der Waals surface area (Å²) in [4.78, 5) is 15.1. The first-order chi connectivity index (χ1) is 8.63. The number of carboxylic acid groups (broad SMARTS) is 1. The number of aromatic nitrogens is 3. The molecule has 0 aliphatic carbocycles. The van der Waals surface area contributed by atoms with Gasteiger partial charge in [-0.05, 0) is 24.3 Å². The lowest BCUT2D eigenvalue weighted by molar-refractivity contribution is 0.0691. The zero-order chi connectivity index (χ0) is 12.7. The first-order valence-electron chi connectivity index (χ1n) is 4.99. The van der Waals surface area contributed by atoms with E-state index in [1.54, 1.807) is 12.1 Å². The van der Waals surface area contributed by atoms with Crippen molar-refractivity contribution in [2.45, 2.75) is 0 Å². The topological polar surface area (TPSA) is 67.5 Å². The van der Waals surface area contributed by atoms with E-state index in [-0.39, 0.29) is 11.5 Å². The molecular formula is C11H6FN3O2S. The molecule has 0 atom stereocenters. The van der Waals surface area contributed by atoms with Crippen LogP contribution < -0.4 is 0 Å². The molecule has 0 aliphatic heterocycles. The van der Waals surface area contributed by atoms with Gasteiger partial charge in [-0.15, -0.1) is 0 Å². The van der Waals surface area contributed by atoms with Gasteiger partial charge in [0, 0.05) is 5.56 Å². The van der Waals surface area contributed by atoms with E-state index in [4.69, 9.17) is 5.11 Å². The first kappa shape index (κ1) is 10.8. The van der Waals surface area contributed by atoms with Crippen LogP contribution in [0.25, 0.3) is 15.5 Å². The van der Waals surface area contributed by atoms with Crippen LogP contribution in [-0.4, -0.2) is 25.7 Å². The molecular weight excluding hydrogens is 257 g/mol. The third-order valence-corrected chi connectivity index (χ3v) is 3.33. The second-order valence-corrected chi connectivity index (χ2v) is 4.53. The summed E-state index contributed by atoms with van der Waals surface area (Å²) >= 11 is 1.25. The van der Waals surface area contributed by atoms with Crippen molar-refractivity contribution >= 4 is 22.3 Å². The summed E-state index contributed by atoms with van der Waals surface area (Å²) < 4.78 is 14.2. The van der Waals surface area contributed by atoms with E-state index in [0.29, 0.717) is 9.97 Å². The molecule has 0 unspecified atom stereocenters. The first-order valence-corrected chi connectivity index (χ1v) is 5.80. The maximum absolute atomic E-state index is 12.8. The molecule has 0 aliphatic rings. The molecule has 2 aromatic heterocycles. The lowest BCUT2D eigenvalue weighted by Gasteiger charge is -1.93. The van der Waals surface area contributed by atoms with E-state index in [0.717, 1.165) is 5.56 Å². The molecule has 5 nitrogen and oxygen atoms in total. The third kappa shape index (κ3) is 1.74. The van der Waals surface area contributed by atoms with Crippen molar-refractivity contribution in [3.8, 4) is 10.6 Å². The van der Waals surface area contributed by atoms with Crippen LogP contribution in [0.1, 0.15) is 10.5 Å². The number of fused-ring (bicyclic) bond motifs is 1. The Bertz CT molecular complexity index is 701. The Hall–Kier alpha value is -2.28. The summed E-state index contributed by atoms with van der Waals surface area (Å²) in [7, 11) is 0. The highest BCUT2D eigenvalue weighted by Gasteiger charge is 2.13. The van der Waals surface area contributed by atoms with E-state index in [9.17, 15) is 9.18 Å². The lowest BCUT2D eigenvalue weighted by Crippen LogP contribution is -1.95. The van der Waals surface area contributed by atoms with Crippen LogP contribution in [0.5, 0.6) is 0 Å². The van der Waals surface area contributed by atoms with Crippen molar-refractivity contribution in [1.82, 2.24) is 14.6 Å². The molecule has 0 saturated carbocycles. The molecule has 0 bridgehead atoms. The molecule has 3 rings (SSSR count). The van der Waals surface area contributed by atoms with Gasteiger partial charge < -0.3 is 5.11 Å². The standard InChI is InChI=1S/C11H6FN3O2S/c12-7-3-1-6(2-4-7)9-14-15-5-8(10(16)17)13-11(15)18-9/h1-5H,(H,16,17). The lowest BCUT2D eigenvalue weighted by atomic mass is 10.2. The minimum atomic E-state index is -1.09. The Morgan fingerprint density at radius 3 is 2.67 bits per heavy atom. The summed E-state index contributed by atoms with van der Waals surface area (Å²) in [6.07, 6.45) is 1.35. The van der Waals surface area contributed by atoms with Crippen LogP contribution >= 0.6 is 11.3 Å². The van der Waals surface area contributed by atoms with Crippen LogP contribution in [0, 0.1) is 5.82 Å². The number of nitrogens with zero attached hydrogens (tertiary/aromatic N) is 3. The molecule has 0 radical (unpaired) electrons. The van der Waals surface area contributed by atoms with Crippen LogP contribution in [0.15, 0.2) is 30.5 Å². The van der Waals surface area contributed by atoms with E-state index in [2.05, 4.69) is 10.1 Å². The van der Waals surface area contributed by atoms with Crippen LogP contribution in [-0.2, 0) is 0 Å². The molecule has 1 aromatic carbocycles. The van der Waals surface area contributed by atoms with Crippen molar-refractivity contribution in [3.05, 3.63) is 42.0 Å². The molecule has 0 fully saturated rings. The molecule has 18 heavy (non-hydrogen) atoms. The minimum Gasteiger partial charge on any atom is -0.476 e. The second-order valence-electron chi connectivity index (χ2n) is 3.57. The minimum absolute atomic E-state index is 0.0422.